The van der Waals surface area contributed by atoms with E-state index in [1.807, 2.05) is 0 Å². The van der Waals surface area contributed by atoms with Gasteiger partial charge in [0.1, 0.15) is 0 Å². The van der Waals surface area contributed by atoms with Gasteiger partial charge in [-0.15, -0.1) is 0 Å². The second kappa shape index (κ2) is 9.45. The summed E-state index contributed by atoms with van der Waals surface area (Å²) in [7, 11) is 0. The summed E-state index contributed by atoms with van der Waals surface area (Å²) in [6.07, 6.45) is 0. The summed E-state index contributed by atoms with van der Waals surface area (Å²) >= 11 is 0. The third-order valence-electron chi connectivity index (χ3n) is 1.13. The molecule has 0 aliphatic rings. The summed E-state index contributed by atoms with van der Waals surface area (Å²) in [6, 6.07) is 0. The van der Waals surface area contributed by atoms with E-state index in [0.717, 1.165) is 0 Å². The molecule has 12 N–H and O–H groups in total. The normalized spacial score (nSPS) is 11.3. The molecule has 0 aromatic carbocycles. The van der Waals surface area contributed by atoms with Crippen LogP contribution in [-0.4, -0.2) is 36.9 Å². The summed E-state index contributed by atoms with van der Waals surface area (Å²) in [6.45, 7) is 0.534. The minimum Gasteiger partial charge on any atom is -0.370 e. The Morgan fingerprint density at radius 1 is 0.647 bits per heavy atom. The van der Waals surface area contributed by atoms with E-state index in [9.17, 15) is 0 Å². The second-order valence-corrected chi connectivity index (χ2v) is 2.55. The average molecular weight is 336 g/mol. The van der Waals surface area contributed by atoms with Gasteiger partial charge in [-0.25, -0.2) is 9.98 Å². The van der Waals surface area contributed by atoms with E-state index in [-0.39, 0.29) is 59.3 Å². The van der Waals surface area contributed by atoms with Crippen molar-refractivity contribution in [2.75, 3.05) is 13.1 Å². The largest absolute Gasteiger partial charge is 0.370 e. The van der Waals surface area contributed by atoms with Gasteiger partial charge in [-0.3, -0.25) is 0 Å². The predicted molar refractivity (Wildman–Crippen MR) is 64.6 cm³/mol. The molecule has 0 fully saturated rings. The summed E-state index contributed by atoms with van der Waals surface area (Å²) in [5, 5.41) is 0. The maximum absolute atomic E-state index is 5.33. The average Bonchev–Trinajstić information content (AvgIpc) is 2.10. The Morgan fingerprint density at radius 3 is 1.18 bits per heavy atom. The topological polar surface area (TPSA) is 206 Å². The monoisotopic (exact) mass is 335 g/mol. The van der Waals surface area contributed by atoms with Gasteiger partial charge in [0.2, 0.25) is 11.9 Å². The first kappa shape index (κ1) is 17.6. The Balaban J connectivity index is 0. The molecule has 0 aliphatic heterocycles. The summed E-state index contributed by atoms with van der Waals surface area (Å²) in [5.74, 6) is -0.388. The molecule has 0 atom stereocenters. The molecule has 1 radical (unpaired) electrons. The van der Waals surface area contributed by atoms with Crippen LogP contribution in [0.1, 0.15) is 0 Å². The number of rotatable bonds is 3. The molecule has 17 heavy (non-hydrogen) atoms. The van der Waals surface area contributed by atoms with Crippen LogP contribution in [0.3, 0.4) is 0 Å². The molecule has 0 amide bonds. The first-order valence-corrected chi connectivity index (χ1v) is 4.21. The Hall–Kier alpha value is -1.78. The van der Waals surface area contributed by atoms with Gasteiger partial charge in [-0.1, -0.05) is 0 Å². The standard InChI is InChI=1S/C6H16N10.Ag/c7-3(8)15-5(11)13-1-2-14-6(12)16-4(9)10;/h1-2H2,(H6,7,8,11,13,15)(H6,9,10,12,14,16);. The molecule has 0 aromatic rings. The third-order valence-corrected chi connectivity index (χ3v) is 1.13. The van der Waals surface area contributed by atoms with Crippen molar-refractivity contribution in [1.29, 1.82) is 0 Å². The van der Waals surface area contributed by atoms with Crippen LogP contribution in [0.25, 0.3) is 0 Å². The van der Waals surface area contributed by atoms with Crippen LogP contribution in [-0.2, 0) is 22.4 Å². The Bertz CT molecular complexity index is 301. The van der Waals surface area contributed by atoms with Crippen molar-refractivity contribution in [3.05, 3.63) is 0 Å². The zero-order chi connectivity index (χ0) is 12.6. The summed E-state index contributed by atoms with van der Waals surface area (Å²) in [5.41, 5.74) is 31.0. The van der Waals surface area contributed by atoms with Crippen molar-refractivity contribution in [3.8, 4) is 0 Å². The van der Waals surface area contributed by atoms with E-state index < -0.39 is 0 Å². The van der Waals surface area contributed by atoms with Gasteiger partial charge in [0.25, 0.3) is 0 Å². The summed E-state index contributed by atoms with van der Waals surface area (Å²) < 4.78 is 0. The number of hydrogen-bond acceptors (Lipinski definition) is 2. The van der Waals surface area contributed by atoms with Gasteiger partial charge in [0.05, 0.1) is 13.1 Å². The first-order valence-electron chi connectivity index (χ1n) is 4.21. The number of aliphatic imine (C=N–C) groups is 4. The fraction of sp³-hybridized carbons (Fsp3) is 0.333. The zero-order valence-electron chi connectivity index (χ0n) is 8.97. The first-order chi connectivity index (χ1) is 7.41. The van der Waals surface area contributed by atoms with E-state index in [1.54, 1.807) is 0 Å². The molecule has 101 valence electrons. The van der Waals surface area contributed by atoms with Crippen molar-refractivity contribution >= 4 is 23.8 Å². The Kier molecular flexibility index (Phi) is 9.79. The van der Waals surface area contributed by atoms with Gasteiger partial charge in [-0.05, 0) is 0 Å². The van der Waals surface area contributed by atoms with E-state index in [4.69, 9.17) is 34.4 Å². The van der Waals surface area contributed by atoms with Crippen LogP contribution >= 0.6 is 0 Å². The molecule has 0 aromatic heterocycles. The van der Waals surface area contributed by atoms with Gasteiger partial charge in [0, 0.05) is 22.4 Å². The molecule has 0 spiro atoms. The molecule has 0 saturated carbocycles. The van der Waals surface area contributed by atoms with Crippen LogP contribution < -0.4 is 34.4 Å². The molecule has 10 nitrogen and oxygen atoms in total. The second-order valence-electron chi connectivity index (χ2n) is 2.55. The Morgan fingerprint density at radius 2 is 0.941 bits per heavy atom. The summed E-state index contributed by atoms with van der Waals surface area (Å²) in [4.78, 5) is 14.6. The Labute approximate surface area is 114 Å². The van der Waals surface area contributed by atoms with E-state index >= 15 is 0 Å². The fourth-order valence-electron chi connectivity index (χ4n) is 0.664. The predicted octanol–water partition coefficient (Wildman–Crippen LogP) is -3.84. The molecular formula is C6H16AgN10. The van der Waals surface area contributed by atoms with Gasteiger partial charge in [0.15, 0.2) is 11.9 Å². The molecule has 0 heterocycles. The van der Waals surface area contributed by atoms with Crippen LogP contribution in [0.2, 0.25) is 0 Å². The molecule has 0 unspecified atom stereocenters. The smallest absolute Gasteiger partial charge is 0.218 e. The van der Waals surface area contributed by atoms with Gasteiger partial charge in [-0.2, -0.15) is 9.98 Å². The number of nitrogens with two attached hydrogens (primary N) is 6. The van der Waals surface area contributed by atoms with Crippen LogP contribution in [0.15, 0.2) is 20.0 Å². The molecule has 0 saturated heterocycles. The molecule has 0 aliphatic carbocycles. The SMILES string of the molecule is NC(N)=NC(N)=NCCN=C(N)N=C(N)N.[Ag]. The molecule has 0 bridgehead atoms. The number of nitrogens with zero attached hydrogens (tertiary/aromatic N) is 4. The van der Waals surface area contributed by atoms with Crippen LogP contribution in [0.5, 0.6) is 0 Å². The molecule has 0 rings (SSSR count). The number of guanidine groups is 4. The maximum Gasteiger partial charge on any atom is 0.218 e. The molecular weight excluding hydrogens is 320 g/mol. The van der Waals surface area contributed by atoms with E-state index in [1.165, 1.54) is 0 Å². The van der Waals surface area contributed by atoms with Gasteiger partial charge >= 0.3 is 0 Å². The third kappa shape index (κ3) is 12.2. The van der Waals surface area contributed by atoms with Crippen LogP contribution in [0, 0.1) is 0 Å². The minimum absolute atomic E-state index is 0. The minimum atomic E-state index is -0.162. The van der Waals surface area contributed by atoms with E-state index in [0.29, 0.717) is 0 Å². The van der Waals surface area contributed by atoms with Crippen molar-refractivity contribution in [3.63, 3.8) is 0 Å². The molecule has 11 heteroatoms. The fourth-order valence-corrected chi connectivity index (χ4v) is 0.664. The van der Waals surface area contributed by atoms with E-state index in [2.05, 4.69) is 20.0 Å². The van der Waals surface area contributed by atoms with Gasteiger partial charge < -0.3 is 34.4 Å². The number of hydrogen-bond donors (Lipinski definition) is 6. The van der Waals surface area contributed by atoms with Crippen molar-refractivity contribution < 1.29 is 22.4 Å². The van der Waals surface area contributed by atoms with Crippen molar-refractivity contribution in [2.45, 2.75) is 0 Å². The van der Waals surface area contributed by atoms with Crippen LogP contribution in [0.4, 0.5) is 0 Å². The maximum atomic E-state index is 5.33. The quantitative estimate of drug-likeness (QED) is 0.132. The zero-order valence-corrected chi connectivity index (χ0v) is 10.5. The van der Waals surface area contributed by atoms with Crippen molar-refractivity contribution in [1.82, 2.24) is 0 Å². The van der Waals surface area contributed by atoms with Crippen molar-refractivity contribution in [2.24, 2.45) is 54.4 Å².